The fraction of sp³-hybridized carbons (Fsp3) is 0.280. The summed E-state index contributed by atoms with van der Waals surface area (Å²) < 4.78 is 15.6. The maximum atomic E-state index is 13.8. The second-order valence-electron chi connectivity index (χ2n) is 8.12. The van der Waals surface area contributed by atoms with Crippen LogP contribution in [0.1, 0.15) is 41.6 Å². The number of aromatic nitrogens is 3. The first-order valence-electron chi connectivity index (χ1n) is 10.9. The van der Waals surface area contributed by atoms with Crippen molar-refractivity contribution in [3.05, 3.63) is 84.0 Å². The molecule has 0 bridgehead atoms. The first kappa shape index (κ1) is 25.2. The zero-order valence-corrected chi connectivity index (χ0v) is 20.2. The molecule has 0 fully saturated rings. The first-order chi connectivity index (χ1) is 16.3. The van der Waals surface area contributed by atoms with Crippen molar-refractivity contribution in [2.24, 2.45) is 5.92 Å². The topological polar surface area (TPSA) is 88.9 Å². The fourth-order valence-electron chi connectivity index (χ4n) is 3.28. The summed E-state index contributed by atoms with van der Waals surface area (Å²) in [4.78, 5) is 25.2. The molecule has 7 nitrogen and oxygen atoms in total. The van der Waals surface area contributed by atoms with Crippen molar-refractivity contribution < 1.29 is 14.0 Å². The van der Waals surface area contributed by atoms with E-state index in [2.05, 4.69) is 27.4 Å². The van der Waals surface area contributed by atoms with Crippen molar-refractivity contribution in [1.29, 1.82) is 0 Å². The van der Waals surface area contributed by atoms with Gasteiger partial charge >= 0.3 is 0 Å². The van der Waals surface area contributed by atoms with Crippen LogP contribution in [-0.2, 0) is 11.3 Å². The summed E-state index contributed by atoms with van der Waals surface area (Å²) in [6, 6.07) is 12.9. The Morgan fingerprint density at radius 2 is 1.85 bits per heavy atom. The van der Waals surface area contributed by atoms with Gasteiger partial charge < -0.3 is 15.2 Å². The Morgan fingerprint density at radius 3 is 2.50 bits per heavy atom. The third kappa shape index (κ3) is 6.32. The summed E-state index contributed by atoms with van der Waals surface area (Å²) in [5.41, 5.74) is 1.76. The number of hydrogen-bond donors (Lipinski definition) is 2. The van der Waals surface area contributed by atoms with E-state index < -0.39 is 11.9 Å². The maximum absolute atomic E-state index is 13.8. The molecule has 2 N–H and O–H groups in total. The summed E-state index contributed by atoms with van der Waals surface area (Å²) in [5, 5.41) is 14.7. The lowest BCUT2D eigenvalue weighted by Gasteiger charge is -2.22. The van der Waals surface area contributed by atoms with Crippen molar-refractivity contribution in [2.45, 2.75) is 38.5 Å². The van der Waals surface area contributed by atoms with E-state index in [1.165, 1.54) is 23.9 Å². The number of para-hydroxylation sites is 1. The molecule has 1 atom stereocenters. The van der Waals surface area contributed by atoms with Gasteiger partial charge in [0.05, 0.1) is 17.5 Å². The molecule has 1 aromatic heterocycles. The molecule has 2 amide bonds. The number of nitrogens with one attached hydrogen (secondary N) is 2. The number of rotatable bonds is 10. The van der Waals surface area contributed by atoms with Crippen LogP contribution >= 0.6 is 11.8 Å². The summed E-state index contributed by atoms with van der Waals surface area (Å²) in [5.74, 6) is -0.437. The van der Waals surface area contributed by atoms with Crippen LogP contribution < -0.4 is 10.6 Å². The van der Waals surface area contributed by atoms with Gasteiger partial charge in [0.15, 0.2) is 11.0 Å². The number of anilines is 1. The van der Waals surface area contributed by atoms with E-state index in [0.717, 1.165) is 5.56 Å². The quantitative estimate of drug-likeness (QED) is 0.322. The number of benzene rings is 2. The Morgan fingerprint density at radius 1 is 1.15 bits per heavy atom. The van der Waals surface area contributed by atoms with Crippen LogP contribution in [0.25, 0.3) is 0 Å². The predicted molar refractivity (Wildman–Crippen MR) is 132 cm³/mol. The van der Waals surface area contributed by atoms with Gasteiger partial charge in [-0.2, -0.15) is 0 Å². The molecule has 9 heteroatoms. The van der Waals surface area contributed by atoms with Gasteiger partial charge in [-0.1, -0.05) is 61.5 Å². The smallest absolute Gasteiger partial charge is 0.251 e. The number of allylic oxidation sites excluding steroid dienone is 1. The van der Waals surface area contributed by atoms with Gasteiger partial charge in [0.2, 0.25) is 5.91 Å². The van der Waals surface area contributed by atoms with Gasteiger partial charge in [0.25, 0.3) is 5.91 Å². The summed E-state index contributed by atoms with van der Waals surface area (Å²) >= 11 is 1.18. The second kappa shape index (κ2) is 11.6. The zero-order chi connectivity index (χ0) is 24.7. The lowest BCUT2D eigenvalue weighted by Crippen LogP contribution is -2.33. The van der Waals surface area contributed by atoms with Gasteiger partial charge in [-0.25, -0.2) is 4.39 Å². The average molecular weight is 482 g/mol. The van der Waals surface area contributed by atoms with Crippen molar-refractivity contribution in [3.8, 4) is 0 Å². The second-order valence-corrected chi connectivity index (χ2v) is 9.06. The minimum atomic E-state index is -0.498. The SMILES string of the molecule is C=CCn1c(SCC(=O)Nc2ccccc2F)nnc1[C@@H](NC(=O)c1ccc(C)cc1)C(C)C. The van der Waals surface area contributed by atoms with Crippen molar-refractivity contribution in [1.82, 2.24) is 20.1 Å². The molecule has 178 valence electrons. The van der Waals surface area contributed by atoms with E-state index in [1.54, 1.807) is 30.3 Å². The summed E-state index contributed by atoms with van der Waals surface area (Å²) in [7, 11) is 0. The summed E-state index contributed by atoms with van der Waals surface area (Å²) in [6.07, 6.45) is 1.70. The van der Waals surface area contributed by atoms with Crippen LogP contribution in [-0.4, -0.2) is 32.3 Å². The van der Waals surface area contributed by atoms with Crippen LogP contribution in [0.15, 0.2) is 66.3 Å². The van der Waals surface area contributed by atoms with E-state index in [1.807, 2.05) is 37.5 Å². The molecule has 1 heterocycles. The lowest BCUT2D eigenvalue weighted by molar-refractivity contribution is -0.113. The number of carbonyl (C=O) groups is 2. The van der Waals surface area contributed by atoms with Crippen LogP contribution in [0.4, 0.5) is 10.1 Å². The number of aryl methyl sites for hydroxylation is 1. The first-order valence-corrected chi connectivity index (χ1v) is 11.9. The third-order valence-corrected chi connectivity index (χ3v) is 6.05. The van der Waals surface area contributed by atoms with Gasteiger partial charge in [-0.3, -0.25) is 9.59 Å². The van der Waals surface area contributed by atoms with E-state index in [4.69, 9.17) is 0 Å². The van der Waals surface area contributed by atoms with Gasteiger partial charge in [-0.15, -0.1) is 16.8 Å². The molecule has 0 unspecified atom stereocenters. The molecule has 0 radical (unpaired) electrons. The summed E-state index contributed by atoms with van der Waals surface area (Å²) in [6.45, 7) is 10.2. The lowest BCUT2D eigenvalue weighted by atomic mass is 10.0. The average Bonchev–Trinajstić information content (AvgIpc) is 3.20. The third-order valence-electron chi connectivity index (χ3n) is 5.08. The van der Waals surface area contributed by atoms with Gasteiger partial charge in [-0.05, 0) is 37.1 Å². The van der Waals surface area contributed by atoms with Crippen molar-refractivity contribution >= 4 is 29.3 Å². The number of nitrogens with zero attached hydrogens (tertiary/aromatic N) is 3. The largest absolute Gasteiger partial charge is 0.342 e. The Kier molecular flexibility index (Phi) is 8.59. The molecule has 3 rings (SSSR count). The van der Waals surface area contributed by atoms with E-state index >= 15 is 0 Å². The minimum Gasteiger partial charge on any atom is -0.342 e. The van der Waals surface area contributed by atoms with Gasteiger partial charge in [0.1, 0.15) is 5.82 Å². The monoisotopic (exact) mass is 481 g/mol. The number of halogens is 1. The van der Waals surface area contributed by atoms with Crippen LogP contribution in [0, 0.1) is 18.7 Å². The van der Waals surface area contributed by atoms with Crippen LogP contribution in [0.5, 0.6) is 0 Å². The van der Waals surface area contributed by atoms with Crippen molar-refractivity contribution in [3.63, 3.8) is 0 Å². The molecule has 0 saturated carbocycles. The zero-order valence-electron chi connectivity index (χ0n) is 19.4. The highest BCUT2D eigenvalue weighted by Crippen LogP contribution is 2.26. The Bertz CT molecular complexity index is 1160. The molecule has 3 aromatic rings. The molecule has 0 saturated heterocycles. The molecular formula is C25H28FN5O2S. The van der Waals surface area contributed by atoms with E-state index in [9.17, 15) is 14.0 Å². The molecular weight excluding hydrogens is 453 g/mol. The predicted octanol–water partition coefficient (Wildman–Crippen LogP) is 4.77. The highest BCUT2D eigenvalue weighted by atomic mass is 32.2. The molecule has 0 spiro atoms. The Labute approximate surface area is 202 Å². The Balaban J connectivity index is 1.75. The standard InChI is InChI=1S/C25H28FN5O2S/c1-5-14-31-23(22(16(2)3)28-24(33)18-12-10-17(4)11-13-18)29-30-25(31)34-15-21(32)27-20-9-7-6-8-19(20)26/h5-13,16,22H,1,14-15H2,2-4H3,(H,27,32)(H,28,33)/t22-/m0/s1. The number of carbonyl (C=O) groups excluding carboxylic acids is 2. The van der Waals surface area contributed by atoms with E-state index in [0.29, 0.717) is 23.1 Å². The highest BCUT2D eigenvalue weighted by molar-refractivity contribution is 7.99. The van der Waals surface area contributed by atoms with Crippen molar-refractivity contribution in [2.75, 3.05) is 11.1 Å². The molecule has 34 heavy (non-hydrogen) atoms. The molecule has 0 aliphatic rings. The molecule has 0 aliphatic carbocycles. The Hall–Kier alpha value is -3.46. The maximum Gasteiger partial charge on any atom is 0.251 e. The number of hydrogen-bond acceptors (Lipinski definition) is 5. The minimum absolute atomic E-state index is 0.0195. The van der Waals surface area contributed by atoms with Gasteiger partial charge in [0, 0.05) is 12.1 Å². The number of thioether (sulfide) groups is 1. The van der Waals surface area contributed by atoms with Crippen LogP contribution in [0.3, 0.4) is 0 Å². The molecule has 2 aromatic carbocycles. The van der Waals surface area contributed by atoms with E-state index in [-0.39, 0.29) is 29.2 Å². The molecule has 0 aliphatic heterocycles. The van der Waals surface area contributed by atoms with Crippen LogP contribution in [0.2, 0.25) is 0 Å². The number of amides is 2. The fourth-order valence-corrected chi connectivity index (χ4v) is 4.03. The normalized spacial score (nSPS) is 11.8. The highest BCUT2D eigenvalue weighted by Gasteiger charge is 2.26.